The highest BCUT2D eigenvalue weighted by atomic mass is 15.3. The van der Waals surface area contributed by atoms with Crippen LogP contribution in [0.4, 0.5) is 0 Å². The lowest BCUT2D eigenvalue weighted by molar-refractivity contribution is 0.148. The minimum atomic E-state index is 0.861. The van der Waals surface area contributed by atoms with Crippen LogP contribution in [0.1, 0.15) is 19.3 Å². The second-order valence-electron chi connectivity index (χ2n) is 4.18. The molecule has 2 aliphatic heterocycles. The number of nitrogens with zero attached hydrogens (tertiary/aromatic N) is 2. The first-order valence-corrected chi connectivity index (χ1v) is 5.05. The third-order valence-corrected chi connectivity index (χ3v) is 3.32. The van der Waals surface area contributed by atoms with Crippen LogP contribution in [-0.2, 0) is 0 Å². The number of unbranched alkanes of at least 4 members (excludes halogenated alkanes) is 1. The van der Waals surface area contributed by atoms with Crippen LogP contribution in [0.15, 0.2) is 0 Å². The predicted molar refractivity (Wildman–Crippen MR) is 51.0 cm³/mol. The van der Waals surface area contributed by atoms with Gasteiger partial charge in [-0.25, -0.2) is 0 Å². The summed E-state index contributed by atoms with van der Waals surface area (Å²) in [6.45, 7) is 7.76. The molecule has 0 spiro atoms. The molecule has 2 fully saturated rings. The molecule has 2 bridgehead atoms. The van der Waals surface area contributed by atoms with Crippen molar-refractivity contribution in [3.05, 3.63) is 6.92 Å². The van der Waals surface area contributed by atoms with Crippen molar-refractivity contribution >= 4 is 0 Å². The van der Waals surface area contributed by atoms with Gasteiger partial charge in [0.15, 0.2) is 0 Å². The molecule has 0 amide bonds. The molecule has 2 rings (SSSR count). The van der Waals surface area contributed by atoms with E-state index >= 15 is 0 Å². The molecule has 69 valence electrons. The van der Waals surface area contributed by atoms with Gasteiger partial charge in [-0.15, -0.1) is 0 Å². The highest BCUT2D eigenvalue weighted by molar-refractivity contribution is 4.98. The molecule has 12 heavy (non-hydrogen) atoms. The zero-order valence-electron chi connectivity index (χ0n) is 8.00. The Labute approximate surface area is 75.5 Å². The smallest absolute Gasteiger partial charge is 0.0239 e. The SMILES string of the molecule is [CH2]CCCN1CC2CC1CN2C. The maximum Gasteiger partial charge on any atom is 0.0239 e. The van der Waals surface area contributed by atoms with Gasteiger partial charge in [0.25, 0.3) is 0 Å². The molecule has 2 saturated heterocycles. The number of fused-ring (bicyclic) bond motifs is 2. The molecule has 0 aromatic heterocycles. The zero-order chi connectivity index (χ0) is 8.55. The van der Waals surface area contributed by atoms with Crippen molar-refractivity contribution in [3.63, 3.8) is 0 Å². The highest BCUT2D eigenvalue weighted by Gasteiger charge is 2.40. The van der Waals surface area contributed by atoms with Crippen molar-refractivity contribution in [2.24, 2.45) is 0 Å². The van der Waals surface area contributed by atoms with E-state index in [4.69, 9.17) is 0 Å². The summed E-state index contributed by atoms with van der Waals surface area (Å²) < 4.78 is 0. The molecular weight excluding hydrogens is 148 g/mol. The number of likely N-dealkylation sites (tertiary alicyclic amines) is 2. The maximum atomic E-state index is 3.89. The minimum absolute atomic E-state index is 0.861. The second-order valence-corrected chi connectivity index (χ2v) is 4.18. The molecule has 2 heteroatoms. The average molecular weight is 167 g/mol. The number of hydrogen-bond donors (Lipinski definition) is 0. The quantitative estimate of drug-likeness (QED) is 0.618. The van der Waals surface area contributed by atoms with E-state index in [1.165, 1.54) is 32.5 Å². The fraction of sp³-hybridized carbons (Fsp3) is 0.900. The van der Waals surface area contributed by atoms with Gasteiger partial charge in [-0.05, 0) is 26.4 Å². The summed E-state index contributed by atoms with van der Waals surface area (Å²) in [7, 11) is 2.25. The summed E-state index contributed by atoms with van der Waals surface area (Å²) in [5.74, 6) is 0. The molecule has 0 N–H and O–H groups in total. The highest BCUT2D eigenvalue weighted by Crippen LogP contribution is 2.29. The Hall–Kier alpha value is -0.0800. The van der Waals surface area contributed by atoms with Crippen LogP contribution in [0.5, 0.6) is 0 Å². The van der Waals surface area contributed by atoms with E-state index in [1.807, 2.05) is 0 Å². The second kappa shape index (κ2) is 3.35. The number of rotatable bonds is 3. The molecule has 0 saturated carbocycles. The van der Waals surface area contributed by atoms with Crippen LogP contribution in [0, 0.1) is 6.92 Å². The molecule has 0 aromatic carbocycles. The van der Waals surface area contributed by atoms with Crippen LogP contribution >= 0.6 is 0 Å². The maximum absolute atomic E-state index is 3.89. The van der Waals surface area contributed by atoms with Crippen molar-refractivity contribution in [1.82, 2.24) is 9.80 Å². The molecule has 2 atom stereocenters. The molecular formula is C10H19N2. The van der Waals surface area contributed by atoms with E-state index in [2.05, 4.69) is 23.8 Å². The Morgan fingerprint density at radius 2 is 2.17 bits per heavy atom. The zero-order valence-corrected chi connectivity index (χ0v) is 8.00. The van der Waals surface area contributed by atoms with Gasteiger partial charge < -0.3 is 4.90 Å². The van der Waals surface area contributed by atoms with Crippen LogP contribution in [0.2, 0.25) is 0 Å². The van der Waals surface area contributed by atoms with E-state index in [0.717, 1.165) is 18.5 Å². The normalized spacial score (nSPS) is 36.5. The Bertz CT molecular complexity index is 156. The van der Waals surface area contributed by atoms with Gasteiger partial charge in [0.1, 0.15) is 0 Å². The fourth-order valence-corrected chi connectivity index (χ4v) is 2.54. The third kappa shape index (κ3) is 1.38. The number of piperazine rings is 1. The third-order valence-electron chi connectivity index (χ3n) is 3.32. The first-order chi connectivity index (χ1) is 5.81. The Morgan fingerprint density at radius 1 is 1.33 bits per heavy atom. The van der Waals surface area contributed by atoms with Crippen LogP contribution in [0.3, 0.4) is 0 Å². The van der Waals surface area contributed by atoms with Crippen molar-refractivity contribution < 1.29 is 0 Å². The summed E-state index contributed by atoms with van der Waals surface area (Å²) in [5, 5.41) is 0. The fourth-order valence-electron chi connectivity index (χ4n) is 2.54. The molecule has 0 aromatic rings. The summed E-state index contributed by atoms with van der Waals surface area (Å²) in [6.07, 6.45) is 3.77. The molecule has 2 heterocycles. The summed E-state index contributed by atoms with van der Waals surface area (Å²) in [6, 6.07) is 1.73. The Morgan fingerprint density at radius 3 is 2.67 bits per heavy atom. The van der Waals surface area contributed by atoms with Crippen molar-refractivity contribution in [2.75, 3.05) is 26.7 Å². The molecule has 2 unspecified atom stereocenters. The van der Waals surface area contributed by atoms with Crippen molar-refractivity contribution in [3.8, 4) is 0 Å². The standard InChI is InChI=1S/C10H19N2/c1-3-4-5-12-8-9-6-10(12)7-11(9)2/h9-10H,1,3-8H2,2H3. The first kappa shape index (κ1) is 8.52. The van der Waals surface area contributed by atoms with Crippen molar-refractivity contribution in [2.45, 2.75) is 31.3 Å². The van der Waals surface area contributed by atoms with E-state index in [0.29, 0.717) is 0 Å². The van der Waals surface area contributed by atoms with Gasteiger partial charge in [-0.2, -0.15) is 0 Å². The van der Waals surface area contributed by atoms with E-state index in [9.17, 15) is 0 Å². The lowest BCUT2D eigenvalue weighted by Crippen LogP contribution is -2.44. The number of likely N-dealkylation sites (N-methyl/N-ethyl adjacent to an activating group) is 1. The largest absolute Gasteiger partial charge is 0.301 e. The van der Waals surface area contributed by atoms with E-state index in [1.54, 1.807) is 0 Å². The van der Waals surface area contributed by atoms with Gasteiger partial charge in [0.05, 0.1) is 0 Å². The van der Waals surface area contributed by atoms with Gasteiger partial charge in [-0.3, -0.25) is 4.90 Å². The van der Waals surface area contributed by atoms with Gasteiger partial charge in [-0.1, -0.05) is 13.3 Å². The topological polar surface area (TPSA) is 6.48 Å². The lowest BCUT2D eigenvalue weighted by Gasteiger charge is -2.31. The Kier molecular flexibility index (Phi) is 2.37. The molecule has 1 radical (unpaired) electrons. The van der Waals surface area contributed by atoms with Crippen LogP contribution in [-0.4, -0.2) is 48.6 Å². The molecule has 0 aliphatic carbocycles. The van der Waals surface area contributed by atoms with Gasteiger partial charge >= 0.3 is 0 Å². The minimum Gasteiger partial charge on any atom is -0.301 e. The summed E-state index contributed by atoms with van der Waals surface area (Å²) >= 11 is 0. The van der Waals surface area contributed by atoms with Crippen LogP contribution < -0.4 is 0 Å². The number of hydrogen-bond acceptors (Lipinski definition) is 2. The van der Waals surface area contributed by atoms with Gasteiger partial charge in [0, 0.05) is 25.2 Å². The molecule has 2 nitrogen and oxygen atoms in total. The predicted octanol–water partition coefficient (Wildman–Crippen LogP) is 0.989. The van der Waals surface area contributed by atoms with Crippen molar-refractivity contribution in [1.29, 1.82) is 0 Å². The Balaban J connectivity index is 1.82. The first-order valence-electron chi connectivity index (χ1n) is 5.05. The average Bonchev–Trinajstić information content (AvgIpc) is 2.58. The van der Waals surface area contributed by atoms with Crippen LogP contribution in [0.25, 0.3) is 0 Å². The van der Waals surface area contributed by atoms with E-state index < -0.39 is 0 Å². The summed E-state index contributed by atoms with van der Waals surface area (Å²) in [4.78, 5) is 5.15. The van der Waals surface area contributed by atoms with E-state index in [-0.39, 0.29) is 0 Å². The molecule has 2 aliphatic rings. The van der Waals surface area contributed by atoms with Gasteiger partial charge in [0.2, 0.25) is 0 Å². The lowest BCUT2D eigenvalue weighted by atomic mass is 10.2. The monoisotopic (exact) mass is 167 g/mol. The summed E-state index contributed by atoms with van der Waals surface area (Å²) in [5.41, 5.74) is 0.